The summed E-state index contributed by atoms with van der Waals surface area (Å²) in [6.45, 7) is 3.65. The van der Waals surface area contributed by atoms with E-state index >= 15 is 0 Å². The van der Waals surface area contributed by atoms with Gasteiger partial charge in [0.05, 0.1) is 10.5 Å². The van der Waals surface area contributed by atoms with Crippen molar-refractivity contribution in [3.63, 3.8) is 0 Å². The van der Waals surface area contributed by atoms with Gasteiger partial charge in [0, 0.05) is 16.8 Å². The maximum absolute atomic E-state index is 13.3. The first-order valence-corrected chi connectivity index (χ1v) is 10.0. The molecule has 2 N–H and O–H groups in total. The summed E-state index contributed by atoms with van der Waals surface area (Å²) in [5, 5.41) is 7.05. The third-order valence-corrected chi connectivity index (χ3v) is 4.86. The Hall–Kier alpha value is -2.71. The molecule has 0 unspecified atom stereocenters. The van der Waals surface area contributed by atoms with Gasteiger partial charge in [0.25, 0.3) is 0 Å². The number of amides is 1. The molecule has 1 amide bonds. The summed E-state index contributed by atoms with van der Waals surface area (Å²) in [6.07, 6.45) is 2.65. The SMILES string of the molecule is C=CC(=O)Nc1ccc2ncnc(Nc3ccc(OCc4cccc(F)c4)c(Cl)c3)c2c1.[Ca+2]. The van der Waals surface area contributed by atoms with E-state index in [1.54, 1.807) is 48.5 Å². The molecule has 0 atom stereocenters. The van der Waals surface area contributed by atoms with E-state index in [-0.39, 0.29) is 56.1 Å². The van der Waals surface area contributed by atoms with Gasteiger partial charge >= 0.3 is 37.7 Å². The van der Waals surface area contributed by atoms with Gasteiger partial charge in [0.15, 0.2) is 0 Å². The number of rotatable bonds is 7. The zero-order valence-electron chi connectivity index (χ0n) is 17.5. The van der Waals surface area contributed by atoms with E-state index in [1.165, 1.54) is 24.5 Å². The molecule has 0 saturated heterocycles. The first kappa shape index (κ1) is 24.9. The number of anilines is 3. The van der Waals surface area contributed by atoms with E-state index in [2.05, 4.69) is 27.2 Å². The average Bonchev–Trinajstić information content (AvgIpc) is 2.79. The molecule has 160 valence electrons. The van der Waals surface area contributed by atoms with Gasteiger partial charge in [0.1, 0.15) is 30.3 Å². The van der Waals surface area contributed by atoms with Gasteiger partial charge in [-0.05, 0) is 60.2 Å². The quantitative estimate of drug-likeness (QED) is 0.266. The number of benzene rings is 3. The van der Waals surface area contributed by atoms with E-state index in [1.807, 2.05) is 0 Å². The van der Waals surface area contributed by atoms with Gasteiger partial charge in [-0.15, -0.1) is 0 Å². The van der Waals surface area contributed by atoms with Crippen LogP contribution in [0.1, 0.15) is 5.56 Å². The minimum absolute atomic E-state index is 0. The molecule has 33 heavy (non-hydrogen) atoms. The zero-order chi connectivity index (χ0) is 22.5. The van der Waals surface area contributed by atoms with E-state index in [0.717, 1.165) is 5.39 Å². The molecule has 0 aliphatic rings. The molecule has 0 radical (unpaired) electrons. The fourth-order valence-corrected chi connectivity index (χ4v) is 3.28. The molecule has 0 saturated carbocycles. The van der Waals surface area contributed by atoms with Gasteiger partial charge in [-0.3, -0.25) is 4.79 Å². The Morgan fingerprint density at radius 2 is 1.91 bits per heavy atom. The number of aromatic nitrogens is 2. The van der Waals surface area contributed by atoms with Crippen molar-refractivity contribution in [3.05, 3.63) is 96.0 Å². The molecule has 1 heterocycles. The first-order valence-electron chi connectivity index (χ1n) is 9.64. The van der Waals surface area contributed by atoms with Gasteiger partial charge in [-0.25, -0.2) is 14.4 Å². The molecule has 0 spiro atoms. The van der Waals surface area contributed by atoms with E-state index in [4.69, 9.17) is 16.3 Å². The van der Waals surface area contributed by atoms with Crippen molar-refractivity contribution < 1.29 is 13.9 Å². The number of carbonyl (C=O) groups is 1. The molecular formula is C24H18CaClFN4O2+2. The minimum atomic E-state index is -0.318. The molecule has 9 heteroatoms. The predicted octanol–water partition coefficient (Wildman–Crippen LogP) is 5.49. The predicted molar refractivity (Wildman–Crippen MR) is 130 cm³/mol. The molecular weight excluding hydrogens is 471 g/mol. The van der Waals surface area contributed by atoms with Crippen LogP contribution in [-0.2, 0) is 11.4 Å². The van der Waals surface area contributed by atoms with Crippen molar-refractivity contribution >= 4 is 83.3 Å². The van der Waals surface area contributed by atoms with Crippen LogP contribution in [0.4, 0.5) is 21.6 Å². The summed E-state index contributed by atoms with van der Waals surface area (Å²) in [4.78, 5) is 20.2. The molecule has 4 rings (SSSR count). The van der Waals surface area contributed by atoms with Gasteiger partial charge in [-0.1, -0.05) is 30.3 Å². The number of nitrogens with zero attached hydrogens (tertiary/aromatic N) is 2. The Morgan fingerprint density at radius 3 is 2.67 bits per heavy atom. The van der Waals surface area contributed by atoms with Crippen molar-refractivity contribution in [1.29, 1.82) is 0 Å². The summed E-state index contributed by atoms with van der Waals surface area (Å²) in [6, 6.07) is 16.7. The topological polar surface area (TPSA) is 76.1 Å². The fourth-order valence-electron chi connectivity index (χ4n) is 3.05. The molecule has 4 aromatic rings. The van der Waals surface area contributed by atoms with E-state index in [0.29, 0.717) is 39.0 Å². The molecule has 1 aromatic heterocycles. The molecule has 0 aliphatic heterocycles. The van der Waals surface area contributed by atoms with Crippen LogP contribution in [0.15, 0.2) is 79.6 Å². The summed E-state index contributed by atoms with van der Waals surface area (Å²) in [7, 11) is 0. The van der Waals surface area contributed by atoms with Crippen molar-refractivity contribution in [2.24, 2.45) is 0 Å². The molecule has 3 aromatic carbocycles. The molecule has 0 aliphatic carbocycles. The van der Waals surface area contributed by atoms with Crippen LogP contribution < -0.4 is 15.4 Å². The van der Waals surface area contributed by atoms with Gasteiger partial charge < -0.3 is 15.4 Å². The summed E-state index contributed by atoms with van der Waals surface area (Å²) in [5.74, 6) is 0.398. The summed E-state index contributed by atoms with van der Waals surface area (Å²) < 4.78 is 19.0. The number of hydrogen-bond acceptors (Lipinski definition) is 5. The zero-order valence-corrected chi connectivity index (χ0v) is 20.5. The van der Waals surface area contributed by atoms with Crippen molar-refractivity contribution in [2.75, 3.05) is 10.6 Å². The van der Waals surface area contributed by atoms with Crippen LogP contribution in [0.3, 0.4) is 0 Å². The van der Waals surface area contributed by atoms with Crippen LogP contribution >= 0.6 is 11.6 Å². The van der Waals surface area contributed by atoms with Crippen LogP contribution in [-0.4, -0.2) is 53.6 Å². The van der Waals surface area contributed by atoms with Crippen LogP contribution in [0.5, 0.6) is 5.75 Å². The molecule has 0 bridgehead atoms. The largest absolute Gasteiger partial charge is 2.00 e. The van der Waals surface area contributed by atoms with E-state index < -0.39 is 0 Å². The summed E-state index contributed by atoms with van der Waals surface area (Å²) in [5.41, 5.74) is 2.70. The molecule has 0 fully saturated rings. The number of carbonyl (C=O) groups excluding carboxylic acids is 1. The maximum atomic E-state index is 13.3. The smallest absolute Gasteiger partial charge is 0.487 e. The third-order valence-electron chi connectivity index (χ3n) is 4.57. The van der Waals surface area contributed by atoms with Crippen molar-refractivity contribution in [1.82, 2.24) is 9.97 Å². The number of fused-ring (bicyclic) bond motifs is 1. The van der Waals surface area contributed by atoms with Crippen LogP contribution in [0.2, 0.25) is 5.02 Å². The number of nitrogens with one attached hydrogen (secondary N) is 2. The second kappa shape index (κ2) is 11.4. The number of hydrogen-bond donors (Lipinski definition) is 2. The normalized spacial score (nSPS) is 10.2. The summed E-state index contributed by atoms with van der Waals surface area (Å²) >= 11 is 6.38. The van der Waals surface area contributed by atoms with Crippen molar-refractivity contribution in [2.45, 2.75) is 6.61 Å². The Labute approximate surface area is 224 Å². The van der Waals surface area contributed by atoms with Crippen LogP contribution in [0, 0.1) is 5.82 Å². The monoisotopic (exact) mass is 488 g/mol. The Morgan fingerprint density at radius 1 is 1.09 bits per heavy atom. The Balaban J connectivity index is 0.00000306. The second-order valence-corrected chi connectivity index (χ2v) is 7.24. The van der Waals surface area contributed by atoms with Crippen LogP contribution in [0.25, 0.3) is 10.9 Å². The Bertz CT molecular complexity index is 1320. The van der Waals surface area contributed by atoms with Gasteiger partial charge in [-0.2, -0.15) is 0 Å². The van der Waals surface area contributed by atoms with E-state index in [9.17, 15) is 9.18 Å². The molecule has 6 nitrogen and oxygen atoms in total. The second-order valence-electron chi connectivity index (χ2n) is 6.84. The fraction of sp³-hybridized carbons (Fsp3) is 0.0417. The minimum Gasteiger partial charge on any atom is -0.487 e. The Kier molecular flexibility index (Phi) is 8.63. The first-order chi connectivity index (χ1) is 15.5. The number of halogens is 2. The standard InChI is InChI=1S/C24H18ClFN4O2.Ca/c1-2-23(31)29-17-6-8-21-19(11-17)24(28-14-27-21)30-18-7-9-22(20(25)12-18)32-13-15-4-3-5-16(26)10-15;/h2-12,14H,1,13H2,(H,29,31)(H,27,28,30);/q;+2. The van der Waals surface area contributed by atoms with Crippen molar-refractivity contribution in [3.8, 4) is 5.75 Å². The number of ether oxygens (including phenoxy) is 1. The average molecular weight is 489 g/mol. The van der Waals surface area contributed by atoms with Gasteiger partial charge in [0.2, 0.25) is 5.91 Å². The maximum Gasteiger partial charge on any atom is 2.00 e. The third kappa shape index (κ3) is 6.42.